The third-order valence-corrected chi connectivity index (χ3v) is 5.07. The largest absolute Gasteiger partial charge is 0.382 e. The number of hydrogen-bond donors (Lipinski definition) is 1. The van der Waals surface area contributed by atoms with Crippen molar-refractivity contribution < 1.29 is 4.79 Å². The molecule has 6 heteroatoms. The number of aryl methyl sites for hydroxylation is 1. The number of thiazole rings is 1. The fourth-order valence-corrected chi connectivity index (χ4v) is 3.62. The Labute approximate surface area is 147 Å². The summed E-state index contributed by atoms with van der Waals surface area (Å²) in [5.74, 6) is 0. The van der Waals surface area contributed by atoms with Gasteiger partial charge in [0.15, 0.2) is 0 Å². The number of piperidine rings is 1. The quantitative estimate of drug-likeness (QED) is 0.924. The molecule has 2 amide bonds. The number of anilines is 1. The van der Waals surface area contributed by atoms with Crippen molar-refractivity contribution >= 4 is 23.1 Å². The van der Waals surface area contributed by atoms with Gasteiger partial charge in [0, 0.05) is 49.9 Å². The molecule has 0 aliphatic carbocycles. The lowest BCUT2D eigenvalue weighted by molar-refractivity contribution is 0.158. The SMILES string of the molecule is Cc1nc(-c2cccc(NC3CCN(C(=O)N(C)C)CC3)c2)cs1. The molecule has 3 rings (SSSR count). The highest BCUT2D eigenvalue weighted by Gasteiger charge is 2.23. The smallest absolute Gasteiger partial charge is 0.319 e. The number of likely N-dealkylation sites (tertiary alicyclic amines) is 1. The van der Waals surface area contributed by atoms with Crippen LogP contribution in [0.2, 0.25) is 0 Å². The maximum absolute atomic E-state index is 12.0. The molecule has 0 saturated carbocycles. The molecule has 0 unspecified atom stereocenters. The molecule has 128 valence electrons. The molecule has 1 aliphatic heterocycles. The Hall–Kier alpha value is -2.08. The van der Waals surface area contributed by atoms with E-state index in [2.05, 4.69) is 39.9 Å². The fourth-order valence-electron chi connectivity index (χ4n) is 3.00. The van der Waals surface area contributed by atoms with Gasteiger partial charge in [-0.15, -0.1) is 11.3 Å². The summed E-state index contributed by atoms with van der Waals surface area (Å²) in [5.41, 5.74) is 3.30. The summed E-state index contributed by atoms with van der Waals surface area (Å²) in [4.78, 5) is 20.1. The third kappa shape index (κ3) is 3.87. The number of nitrogens with zero attached hydrogens (tertiary/aromatic N) is 3. The summed E-state index contributed by atoms with van der Waals surface area (Å²) in [7, 11) is 3.61. The second kappa shape index (κ2) is 7.21. The van der Waals surface area contributed by atoms with Crippen LogP contribution >= 0.6 is 11.3 Å². The van der Waals surface area contributed by atoms with Crippen LogP contribution in [0, 0.1) is 6.92 Å². The minimum absolute atomic E-state index is 0.106. The van der Waals surface area contributed by atoms with E-state index in [1.165, 1.54) is 0 Å². The van der Waals surface area contributed by atoms with E-state index in [1.54, 1.807) is 30.3 Å². The summed E-state index contributed by atoms with van der Waals surface area (Å²) in [6.45, 7) is 3.64. The molecule has 1 fully saturated rings. The first-order valence-corrected chi connectivity index (χ1v) is 9.16. The number of carbonyl (C=O) groups excluding carboxylic acids is 1. The number of amides is 2. The Kier molecular flexibility index (Phi) is 5.04. The minimum Gasteiger partial charge on any atom is -0.382 e. The standard InChI is InChI=1S/C18H24N4OS/c1-13-19-17(12-24-13)14-5-4-6-16(11-14)20-15-7-9-22(10-8-15)18(23)21(2)3/h4-6,11-12,15,20H,7-10H2,1-3H3. The van der Waals surface area contributed by atoms with Gasteiger partial charge in [-0.3, -0.25) is 0 Å². The monoisotopic (exact) mass is 344 g/mol. The molecule has 2 heterocycles. The highest BCUT2D eigenvalue weighted by atomic mass is 32.1. The Morgan fingerprint density at radius 3 is 2.71 bits per heavy atom. The van der Waals surface area contributed by atoms with Crippen LogP contribution in [0.15, 0.2) is 29.6 Å². The van der Waals surface area contributed by atoms with E-state index >= 15 is 0 Å². The Balaban J connectivity index is 1.60. The van der Waals surface area contributed by atoms with Crippen LogP contribution in [0.5, 0.6) is 0 Å². The van der Waals surface area contributed by atoms with Crippen molar-refractivity contribution in [2.45, 2.75) is 25.8 Å². The molecule has 1 N–H and O–H groups in total. The second-order valence-corrected chi connectivity index (χ2v) is 7.48. The maximum Gasteiger partial charge on any atom is 0.319 e. The first-order valence-electron chi connectivity index (χ1n) is 8.28. The van der Waals surface area contributed by atoms with Gasteiger partial charge in [-0.05, 0) is 31.9 Å². The molecule has 2 aromatic rings. The predicted molar refractivity (Wildman–Crippen MR) is 99.6 cm³/mol. The van der Waals surface area contributed by atoms with Crippen molar-refractivity contribution in [1.29, 1.82) is 0 Å². The van der Waals surface area contributed by atoms with Gasteiger partial charge in [-0.25, -0.2) is 9.78 Å². The van der Waals surface area contributed by atoms with E-state index in [0.29, 0.717) is 6.04 Å². The van der Waals surface area contributed by atoms with Gasteiger partial charge in [0.2, 0.25) is 0 Å². The number of hydrogen-bond acceptors (Lipinski definition) is 4. The molecule has 5 nitrogen and oxygen atoms in total. The number of benzene rings is 1. The lowest BCUT2D eigenvalue weighted by atomic mass is 10.0. The summed E-state index contributed by atoms with van der Waals surface area (Å²) in [6.07, 6.45) is 1.94. The molecule has 0 radical (unpaired) electrons. The zero-order valence-electron chi connectivity index (χ0n) is 14.5. The van der Waals surface area contributed by atoms with Gasteiger partial charge in [0.05, 0.1) is 10.7 Å². The summed E-state index contributed by atoms with van der Waals surface area (Å²) < 4.78 is 0. The third-order valence-electron chi connectivity index (χ3n) is 4.30. The average Bonchev–Trinajstić information content (AvgIpc) is 3.02. The van der Waals surface area contributed by atoms with Crippen LogP contribution in [0.25, 0.3) is 11.3 Å². The van der Waals surface area contributed by atoms with Crippen LogP contribution in [-0.2, 0) is 0 Å². The molecule has 0 spiro atoms. The first kappa shape index (κ1) is 16.8. The highest BCUT2D eigenvalue weighted by Crippen LogP contribution is 2.25. The first-order chi connectivity index (χ1) is 11.5. The fraction of sp³-hybridized carbons (Fsp3) is 0.444. The van der Waals surface area contributed by atoms with E-state index in [4.69, 9.17) is 0 Å². The lowest BCUT2D eigenvalue weighted by Gasteiger charge is -2.34. The Morgan fingerprint density at radius 1 is 1.33 bits per heavy atom. The van der Waals surface area contributed by atoms with Crippen molar-refractivity contribution in [2.24, 2.45) is 0 Å². The van der Waals surface area contributed by atoms with E-state index in [0.717, 1.165) is 47.9 Å². The second-order valence-electron chi connectivity index (χ2n) is 6.42. The molecule has 0 atom stereocenters. The molecular weight excluding hydrogens is 320 g/mol. The molecule has 1 aromatic carbocycles. The van der Waals surface area contributed by atoms with Crippen LogP contribution in [-0.4, -0.2) is 54.0 Å². The number of rotatable bonds is 3. The van der Waals surface area contributed by atoms with E-state index < -0.39 is 0 Å². The van der Waals surface area contributed by atoms with Gasteiger partial charge >= 0.3 is 6.03 Å². The molecule has 1 aliphatic rings. The van der Waals surface area contributed by atoms with Crippen molar-refractivity contribution in [2.75, 3.05) is 32.5 Å². The summed E-state index contributed by atoms with van der Waals surface area (Å²) >= 11 is 1.67. The maximum atomic E-state index is 12.0. The van der Waals surface area contributed by atoms with Gasteiger partial charge in [-0.1, -0.05) is 12.1 Å². The van der Waals surface area contributed by atoms with Gasteiger partial charge in [-0.2, -0.15) is 0 Å². The van der Waals surface area contributed by atoms with E-state index in [-0.39, 0.29) is 6.03 Å². The van der Waals surface area contributed by atoms with Crippen LogP contribution in [0.4, 0.5) is 10.5 Å². The molecule has 1 aromatic heterocycles. The number of carbonyl (C=O) groups is 1. The number of aromatic nitrogens is 1. The van der Waals surface area contributed by atoms with Crippen molar-refractivity contribution in [1.82, 2.24) is 14.8 Å². The molecular formula is C18H24N4OS. The van der Waals surface area contributed by atoms with Crippen molar-refractivity contribution in [3.63, 3.8) is 0 Å². The Morgan fingerprint density at radius 2 is 2.08 bits per heavy atom. The zero-order chi connectivity index (χ0) is 17.1. The number of urea groups is 1. The van der Waals surface area contributed by atoms with E-state index in [9.17, 15) is 4.79 Å². The topological polar surface area (TPSA) is 48.5 Å². The van der Waals surface area contributed by atoms with Gasteiger partial charge < -0.3 is 15.1 Å². The van der Waals surface area contributed by atoms with E-state index in [1.807, 2.05) is 11.8 Å². The zero-order valence-corrected chi connectivity index (χ0v) is 15.3. The molecule has 24 heavy (non-hydrogen) atoms. The normalized spacial score (nSPS) is 15.4. The van der Waals surface area contributed by atoms with Crippen molar-refractivity contribution in [3.05, 3.63) is 34.7 Å². The van der Waals surface area contributed by atoms with Gasteiger partial charge in [0.1, 0.15) is 0 Å². The van der Waals surface area contributed by atoms with Crippen LogP contribution in [0.3, 0.4) is 0 Å². The average molecular weight is 344 g/mol. The van der Waals surface area contributed by atoms with Crippen LogP contribution in [0.1, 0.15) is 17.8 Å². The summed E-state index contributed by atoms with van der Waals surface area (Å²) in [5, 5.41) is 6.79. The molecule has 1 saturated heterocycles. The summed E-state index contributed by atoms with van der Waals surface area (Å²) in [6, 6.07) is 8.93. The Bertz CT molecular complexity index is 705. The highest BCUT2D eigenvalue weighted by molar-refractivity contribution is 7.09. The minimum atomic E-state index is 0.106. The van der Waals surface area contributed by atoms with Crippen LogP contribution < -0.4 is 5.32 Å². The lowest BCUT2D eigenvalue weighted by Crippen LogP contribution is -2.46. The number of nitrogens with one attached hydrogen (secondary N) is 1. The predicted octanol–water partition coefficient (Wildman–Crippen LogP) is 3.68. The van der Waals surface area contributed by atoms with Crippen molar-refractivity contribution in [3.8, 4) is 11.3 Å². The van der Waals surface area contributed by atoms with Gasteiger partial charge in [0.25, 0.3) is 0 Å². The molecule has 0 bridgehead atoms.